The first-order valence-corrected chi connectivity index (χ1v) is 13.1. The summed E-state index contributed by atoms with van der Waals surface area (Å²) in [6.07, 6.45) is 10.7. The molecule has 0 aromatic heterocycles. The average Bonchev–Trinajstić information content (AvgIpc) is 3.01. The van der Waals surface area contributed by atoms with Crippen LogP contribution in [0.25, 0.3) is 0 Å². The van der Waals surface area contributed by atoms with E-state index >= 15 is 0 Å². The maximum absolute atomic E-state index is 11.6. The Balaban J connectivity index is 1.53. The van der Waals surface area contributed by atoms with Crippen LogP contribution in [0.15, 0.2) is 0 Å². The molecule has 0 bridgehead atoms. The van der Waals surface area contributed by atoms with Crippen molar-refractivity contribution in [2.24, 2.45) is 46.3 Å². The van der Waals surface area contributed by atoms with E-state index in [-0.39, 0.29) is 5.41 Å². The topological polar surface area (TPSA) is 60.7 Å². The molecule has 4 aliphatic carbocycles. The third-order valence-corrected chi connectivity index (χ3v) is 11.0. The lowest BCUT2D eigenvalue weighted by atomic mass is 9.42. The van der Waals surface area contributed by atoms with Crippen LogP contribution in [-0.4, -0.2) is 33.1 Å². The van der Waals surface area contributed by atoms with Gasteiger partial charge in [-0.2, -0.15) is 0 Å². The molecule has 0 aromatic carbocycles. The van der Waals surface area contributed by atoms with Gasteiger partial charge >= 0.3 is 0 Å². The predicted molar refractivity (Wildman–Crippen MR) is 122 cm³/mol. The molecule has 3 nitrogen and oxygen atoms in total. The Bertz CT molecular complexity index is 619. The van der Waals surface area contributed by atoms with Crippen LogP contribution >= 0.6 is 0 Å². The van der Waals surface area contributed by atoms with E-state index in [9.17, 15) is 15.3 Å². The Morgan fingerprint density at radius 2 is 1.63 bits per heavy atom. The van der Waals surface area contributed by atoms with E-state index in [1.807, 2.05) is 0 Å². The number of aliphatic hydroxyl groups excluding tert-OH is 2. The fraction of sp³-hybridized carbons (Fsp3) is 1.00. The van der Waals surface area contributed by atoms with Gasteiger partial charge in [-0.05, 0) is 85.9 Å². The summed E-state index contributed by atoms with van der Waals surface area (Å²) in [6.45, 7) is 12.0. The van der Waals surface area contributed by atoms with Gasteiger partial charge in [-0.3, -0.25) is 0 Å². The molecule has 0 aliphatic heterocycles. The largest absolute Gasteiger partial charge is 0.393 e. The van der Waals surface area contributed by atoms with Gasteiger partial charge in [0.1, 0.15) is 0 Å². The fourth-order valence-electron chi connectivity index (χ4n) is 9.29. The molecule has 4 saturated carbocycles. The van der Waals surface area contributed by atoms with Crippen molar-refractivity contribution in [3.63, 3.8) is 0 Å². The van der Waals surface area contributed by atoms with Gasteiger partial charge in [0, 0.05) is 11.8 Å². The second-order valence-corrected chi connectivity index (χ2v) is 12.9. The quantitative estimate of drug-likeness (QED) is 0.546. The van der Waals surface area contributed by atoms with Gasteiger partial charge in [-0.1, -0.05) is 53.9 Å². The minimum absolute atomic E-state index is 0.253. The van der Waals surface area contributed by atoms with Crippen LogP contribution in [0.2, 0.25) is 0 Å². The Labute approximate surface area is 185 Å². The van der Waals surface area contributed by atoms with Crippen molar-refractivity contribution >= 4 is 0 Å². The molecule has 4 fully saturated rings. The van der Waals surface area contributed by atoms with Gasteiger partial charge in [0.25, 0.3) is 0 Å². The van der Waals surface area contributed by atoms with E-state index in [4.69, 9.17) is 0 Å². The number of hydrogen-bond acceptors (Lipinski definition) is 3. The Morgan fingerprint density at radius 3 is 2.33 bits per heavy atom. The van der Waals surface area contributed by atoms with Gasteiger partial charge in [0.15, 0.2) is 0 Å². The first-order valence-electron chi connectivity index (χ1n) is 13.1. The van der Waals surface area contributed by atoms with Gasteiger partial charge in [-0.15, -0.1) is 0 Å². The van der Waals surface area contributed by atoms with Crippen molar-refractivity contribution in [3.05, 3.63) is 0 Å². The summed E-state index contributed by atoms with van der Waals surface area (Å²) in [5.74, 6) is 4.13. The molecule has 0 heterocycles. The zero-order chi connectivity index (χ0) is 21.9. The minimum Gasteiger partial charge on any atom is -0.393 e. The molecular formula is C27H48O3. The molecule has 4 aliphatic rings. The monoisotopic (exact) mass is 420 g/mol. The molecule has 0 aromatic rings. The summed E-state index contributed by atoms with van der Waals surface area (Å²) in [7, 11) is 0. The molecule has 0 spiro atoms. The van der Waals surface area contributed by atoms with Crippen molar-refractivity contribution < 1.29 is 15.3 Å². The smallest absolute Gasteiger partial charge is 0.0985 e. The van der Waals surface area contributed by atoms with E-state index in [2.05, 4.69) is 34.6 Å². The highest BCUT2D eigenvalue weighted by Crippen LogP contribution is 2.69. The van der Waals surface area contributed by atoms with E-state index in [1.54, 1.807) is 0 Å². The SMILES string of the molecule is CC(C)CCC[C@H](C)C1CCC2C3C[C@@H](O)[C@@]4(O)C[C@@H](O)CC[C@]4(C)C3CC[C@@]21C. The van der Waals surface area contributed by atoms with Crippen molar-refractivity contribution in [1.82, 2.24) is 0 Å². The lowest BCUT2D eigenvalue weighted by Gasteiger charge is -2.65. The van der Waals surface area contributed by atoms with Gasteiger partial charge in [0.05, 0.1) is 17.8 Å². The number of aliphatic hydroxyl groups is 3. The normalized spacial score (nSPS) is 51.9. The summed E-state index contributed by atoms with van der Waals surface area (Å²) in [5.41, 5.74) is -0.962. The third kappa shape index (κ3) is 3.41. The van der Waals surface area contributed by atoms with E-state index in [0.717, 1.165) is 37.0 Å². The molecule has 4 rings (SSSR count). The number of fused-ring (bicyclic) bond motifs is 5. The molecule has 4 unspecified atom stereocenters. The third-order valence-electron chi connectivity index (χ3n) is 11.0. The highest BCUT2D eigenvalue weighted by molar-refractivity contribution is 5.17. The van der Waals surface area contributed by atoms with Crippen LogP contribution in [0.3, 0.4) is 0 Å². The van der Waals surface area contributed by atoms with Gasteiger partial charge in [-0.25, -0.2) is 0 Å². The second kappa shape index (κ2) is 8.03. The molecule has 0 amide bonds. The van der Waals surface area contributed by atoms with Crippen molar-refractivity contribution in [3.8, 4) is 0 Å². The Kier molecular flexibility index (Phi) is 6.17. The first kappa shape index (κ1) is 23.1. The zero-order valence-corrected chi connectivity index (χ0v) is 20.2. The zero-order valence-electron chi connectivity index (χ0n) is 20.2. The van der Waals surface area contributed by atoms with Crippen molar-refractivity contribution in [1.29, 1.82) is 0 Å². The predicted octanol–water partition coefficient (Wildman–Crippen LogP) is 5.55. The Morgan fingerprint density at radius 1 is 0.900 bits per heavy atom. The summed E-state index contributed by atoms with van der Waals surface area (Å²) in [4.78, 5) is 0. The van der Waals surface area contributed by atoms with E-state index in [1.165, 1.54) is 44.9 Å². The maximum atomic E-state index is 11.6. The van der Waals surface area contributed by atoms with Crippen LogP contribution in [0, 0.1) is 46.3 Å². The maximum Gasteiger partial charge on any atom is 0.0985 e. The van der Waals surface area contributed by atoms with Crippen molar-refractivity contribution in [2.45, 2.75) is 123 Å². The average molecular weight is 421 g/mol. The molecule has 0 radical (unpaired) electrons. The van der Waals surface area contributed by atoms with E-state index in [0.29, 0.717) is 29.6 Å². The highest BCUT2D eigenvalue weighted by atomic mass is 16.3. The molecule has 30 heavy (non-hydrogen) atoms. The van der Waals surface area contributed by atoms with Crippen LogP contribution in [0.5, 0.6) is 0 Å². The summed E-state index contributed by atoms with van der Waals surface area (Å²) in [5, 5.41) is 33.0. The van der Waals surface area contributed by atoms with Gasteiger partial charge < -0.3 is 15.3 Å². The van der Waals surface area contributed by atoms with E-state index < -0.39 is 17.8 Å². The molecule has 0 saturated heterocycles. The highest BCUT2D eigenvalue weighted by Gasteiger charge is 2.67. The van der Waals surface area contributed by atoms with Crippen LogP contribution in [0.1, 0.15) is 105 Å². The summed E-state index contributed by atoms with van der Waals surface area (Å²) in [6, 6.07) is 0. The lowest BCUT2D eigenvalue weighted by molar-refractivity contribution is -0.264. The molecule has 174 valence electrons. The van der Waals surface area contributed by atoms with Gasteiger partial charge in [0.2, 0.25) is 0 Å². The number of hydrogen-bond donors (Lipinski definition) is 3. The van der Waals surface area contributed by atoms with Crippen LogP contribution in [0.4, 0.5) is 0 Å². The minimum atomic E-state index is -1.11. The van der Waals surface area contributed by atoms with Crippen molar-refractivity contribution in [2.75, 3.05) is 0 Å². The fourth-order valence-corrected chi connectivity index (χ4v) is 9.29. The first-order chi connectivity index (χ1) is 14.0. The van der Waals surface area contributed by atoms with Crippen LogP contribution < -0.4 is 0 Å². The lowest BCUT2D eigenvalue weighted by Crippen LogP contribution is -2.68. The standard InChI is InChI=1S/C27H48O3/c1-17(2)7-6-8-18(3)21-9-10-22-20-15-24(29)27(30)16-19(28)11-14-26(27,5)23(20)12-13-25(21,22)4/h17-24,28-30H,6-16H2,1-5H3/t18-,19-,20?,21?,22?,23?,24+,25+,26+,27-/m0/s1. The van der Waals surface area contributed by atoms with Crippen LogP contribution in [-0.2, 0) is 0 Å². The molecule has 10 atom stereocenters. The summed E-state index contributed by atoms with van der Waals surface area (Å²) < 4.78 is 0. The number of rotatable bonds is 5. The second-order valence-electron chi connectivity index (χ2n) is 12.9. The Hall–Kier alpha value is -0.120. The summed E-state index contributed by atoms with van der Waals surface area (Å²) >= 11 is 0. The molecule has 3 N–H and O–H groups in total. The molecular weight excluding hydrogens is 372 g/mol. The molecule has 3 heteroatoms.